The average Bonchev–Trinajstić information content (AvgIpc) is 3.32. The van der Waals surface area contributed by atoms with Crippen molar-refractivity contribution in [1.29, 1.82) is 0 Å². The summed E-state index contributed by atoms with van der Waals surface area (Å²) < 4.78 is 5.58. The van der Waals surface area contributed by atoms with Gasteiger partial charge in [-0.25, -0.2) is 0 Å². The zero-order valence-electron chi connectivity index (χ0n) is 14.1. The number of β-amino-alcohol motifs (C(OH)–C–C–N with tert-alkyl or cyclic N) is 1. The lowest BCUT2D eigenvalue weighted by Crippen LogP contribution is -2.38. The van der Waals surface area contributed by atoms with Crippen LogP contribution in [0.3, 0.4) is 0 Å². The molecule has 2 aromatic rings. The molecule has 3 heterocycles. The first-order valence-corrected chi connectivity index (χ1v) is 8.87. The minimum Gasteiger partial charge on any atom is -0.463 e. The SMILES string of the molecule is CCc1ccc2occ(C(=O)N3CCC(N4CCC(O)C4)C3)c2c1. The molecule has 5 nitrogen and oxygen atoms in total. The van der Waals surface area contributed by atoms with Crippen molar-refractivity contribution in [3.05, 3.63) is 35.6 Å². The summed E-state index contributed by atoms with van der Waals surface area (Å²) in [5.41, 5.74) is 2.65. The molecule has 1 N–H and O–H groups in total. The molecule has 2 unspecified atom stereocenters. The highest BCUT2D eigenvalue weighted by molar-refractivity contribution is 6.06. The summed E-state index contributed by atoms with van der Waals surface area (Å²) in [6, 6.07) is 6.43. The van der Waals surface area contributed by atoms with Crippen LogP contribution in [0.5, 0.6) is 0 Å². The Kier molecular flexibility index (Phi) is 4.06. The molecule has 5 heteroatoms. The maximum absolute atomic E-state index is 12.9. The van der Waals surface area contributed by atoms with Gasteiger partial charge in [-0.2, -0.15) is 0 Å². The van der Waals surface area contributed by atoms with E-state index in [9.17, 15) is 9.90 Å². The van der Waals surface area contributed by atoms with Crippen molar-refractivity contribution in [3.8, 4) is 0 Å². The summed E-state index contributed by atoms with van der Waals surface area (Å²) in [4.78, 5) is 17.2. The van der Waals surface area contributed by atoms with E-state index >= 15 is 0 Å². The van der Waals surface area contributed by atoms with E-state index < -0.39 is 0 Å². The molecule has 2 aliphatic heterocycles. The molecule has 1 aromatic heterocycles. The van der Waals surface area contributed by atoms with Crippen LogP contribution in [-0.4, -0.2) is 59.1 Å². The monoisotopic (exact) mass is 328 g/mol. The topological polar surface area (TPSA) is 56.9 Å². The number of hydrogen-bond acceptors (Lipinski definition) is 4. The highest BCUT2D eigenvalue weighted by Crippen LogP contribution is 2.27. The van der Waals surface area contributed by atoms with Crippen LogP contribution in [-0.2, 0) is 6.42 Å². The Morgan fingerprint density at radius 1 is 1.29 bits per heavy atom. The average molecular weight is 328 g/mol. The number of rotatable bonds is 3. The molecule has 2 saturated heterocycles. The Morgan fingerprint density at radius 3 is 2.92 bits per heavy atom. The highest BCUT2D eigenvalue weighted by atomic mass is 16.3. The van der Waals surface area contributed by atoms with E-state index in [2.05, 4.69) is 17.9 Å². The van der Waals surface area contributed by atoms with Crippen molar-refractivity contribution in [2.24, 2.45) is 0 Å². The van der Waals surface area contributed by atoms with Crippen molar-refractivity contribution in [2.75, 3.05) is 26.2 Å². The van der Waals surface area contributed by atoms with E-state index in [1.54, 1.807) is 6.26 Å². The van der Waals surface area contributed by atoms with Crippen molar-refractivity contribution in [3.63, 3.8) is 0 Å². The summed E-state index contributed by atoms with van der Waals surface area (Å²) in [5, 5.41) is 10.6. The van der Waals surface area contributed by atoms with Gasteiger partial charge in [-0.3, -0.25) is 9.69 Å². The van der Waals surface area contributed by atoms with Crippen LogP contribution in [0, 0.1) is 0 Å². The van der Waals surface area contributed by atoms with Crippen LogP contribution in [0.1, 0.15) is 35.7 Å². The molecule has 0 spiro atoms. The molecular formula is C19H24N2O3. The number of carbonyl (C=O) groups excluding carboxylic acids is 1. The molecule has 0 aliphatic carbocycles. The molecule has 0 radical (unpaired) electrons. The Labute approximate surface area is 141 Å². The van der Waals surface area contributed by atoms with E-state index in [1.165, 1.54) is 5.56 Å². The molecule has 2 aliphatic rings. The number of aryl methyl sites for hydroxylation is 1. The molecule has 0 saturated carbocycles. The van der Waals surface area contributed by atoms with E-state index in [1.807, 2.05) is 17.0 Å². The number of aliphatic hydroxyl groups is 1. The molecule has 4 rings (SSSR count). The fraction of sp³-hybridized carbons (Fsp3) is 0.526. The molecule has 1 aromatic carbocycles. The van der Waals surface area contributed by atoms with Gasteiger partial charge in [-0.05, 0) is 37.0 Å². The van der Waals surface area contributed by atoms with Crippen molar-refractivity contribution < 1.29 is 14.3 Å². The van der Waals surface area contributed by atoms with Crippen molar-refractivity contribution >= 4 is 16.9 Å². The first kappa shape index (κ1) is 15.7. The smallest absolute Gasteiger partial charge is 0.257 e. The quantitative estimate of drug-likeness (QED) is 0.939. The second-order valence-corrected chi connectivity index (χ2v) is 6.96. The Balaban J connectivity index is 1.52. The number of furan rings is 1. The van der Waals surface area contributed by atoms with Crippen LogP contribution in [0.15, 0.2) is 28.9 Å². The number of carbonyl (C=O) groups is 1. The molecule has 24 heavy (non-hydrogen) atoms. The van der Waals surface area contributed by atoms with Crippen LogP contribution < -0.4 is 0 Å². The number of aliphatic hydroxyl groups excluding tert-OH is 1. The van der Waals surface area contributed by atoms with Crippen molar-refractivity contribution in [2.45, 2.75) is 38.3 Å². The third-order valence-electron chi connectivity index (χ3n) is 5.44. The number of nitrogens with zero attached hydrogens (tertiary/aromatic N) is 2. The normalized spacial score (nSPS) is 25.0. The van der Waals surface area contributed by atoms with Crippen LogP contribution in [0.2, 0.25) is 0 Å². The third kappa shape index (κ3) is 2.72. The van der Waals surface area contributed by atoms with E-state index in [0.717, 1.165) is 56.4 Å². The second kappa shape index (κ2) is 6.22. The maximum Gasteiger partial charge on any atom is 0.257 e. The minimum absolute atomic E-state index is 0.0595. The Bertz CT molecular complexity index is 754. The van der Waals surface area contributed by atoms with Gasteiger partial charge in [0.25, 0.3) is 5.91 Å². The lowest BCUT2D eigenvalue weighted by atomic mass is 10.1. The first-order valence-electron chi connectivity index (χ1n) is 8.87. The number of fused-ring (bicyclic) bond motifs is 1. The number of hydrogen-bond donors (Lipinski definition) is 1. The van der Waals surface area contributed by atoms with Gasteiger partial charge in [0.2, 0.25) is 0 Å². The maximum atomic E-state index is 12.9. The number of benzene rings is 1. The van der Waals surface area contributed by atoms with Crippen LogP contribution in [0.25, 0.3) is 11.0 Å². The van der Waals surface area contributed by atoms with Gasteiger partial charge >= 0.3 is 0 Å². The summed E-state index contributed by atoms with van der Waals surface area (Å²) in [7, 11) is 0. The van der Waals surface area contributed by atoms with E-state index in [4.69, 9.17) is 4.42 Å². The van der Waals surface area contributed by atoms with Gasteiger partial charge in [0.1, 0.15) is 11.8 Å². The third-order valence-corrected chi connectivity index (χ3v) is 5.44. The minimum atomic E-state index is -0.208. The standard InChI is InChI=1S/C19H24N2O3/c1-2-13-3-4-18-16(9-13)17(12-24-18)19(23)21-7-5-14(10-21)20-8-6-15(22)11-20/h3-4,9,12,14-15,22H,2,5-8,10-11H2,1H3. The number of amides is 1. The summed E-state index contributed by atoms with van der Waals surface area (Å²) >= 11 is 0. The van der Waals surface area contributed by atoms with Crippen molar-refractivity contribution in [1.82, 2.24) is 9.80 Å². The largest absolute Gasteiger partial charge is 0.463 e. The number of likely N-dealkylation sites (tertiary alicyclic amines) is 2. The van der Waals surface area contributed by atoms with Gasteiger partial charge in [-0.15, -0.1) is 0 Å². The molecule has 2 fully saturated rings. The van der Waals surface area contributed by atoms with E-state index in [0.29, 0.717) is 11.6 Å². The summed E-state index contributed by atoms with van der Waals surface area (Å²) in [6.45, 7) is 5.30. The fourth-order valence-electron chi connectivity index (χ4n) is 3.96. The van der Waals surface area contributed by atoms with Crippen LogP contribution >= 0.6 is 0 Å². The second-order valence-electron chi connectivity index (χ2n) is 6.96. The molecule has 0 bridgehead atoms. The van der Waals surface area contributed by atoms with Gasteiger partial charge < -0.3 is 14.4 Å². The predicted molar refractivity (Wildman–Crippen MR) is 92.1 cm³/mol. The van der Waals surface area contributed by atoms with Gasteiger partial charge in [-0.1, -0.05) is 13.0 Å². The summed E-state index contributed by atoms with van der Waals surface area (Å²) in [5.74, 6) is 0.0595. The Morgan fingerprint density at radius 2 is 2.17 bits per heavy atom. The zero-order valence-corrected chi connectivity index (χ0v) is 14.1. The first-order chi connectivity index (χ1) is 11.7. The van der Waals surface area contributed by atoms with Crippen LogP contribution in [0.4, 0.5) is 0 Å². The molecule has 128 valence electrons. The lowest BCUT2D eigenvalue weighted by Gasteiger charge is -2.23. The Hall–Kier alpha value is -1.85. The van der Waals surface area contributed by atoms with Gasteiger partial charge in [0, 0.05) is 37.6 Å². The predicted octanol–water partition coefficient (Wildman–Crippen LogP) is 2.28. The fourth-order valence-corrected chi connectivity index (χ4v) is 3.96. The lowest BCUT2D eigenvalue weighted by molar-refractivity contribution is 0.0779. The van der Waals surface area contributed by atoms with Gasteiger partial charge in [0.05, 0.1) is 11.7 Å². The van der Waals surface area contributed by atoms with Gasteiger partial charge in [0.15, 0.2) is 0 Å². The molecule has 2 atom stereocenters. The van der Waals surface area contributed by atoms with E-state index in [-0.39, 0.29) is 12.0 Å². The zero-order chi connectivity index (χ0) is 16.7. The molecular weight excluding hydrogens is 304 g/mol. The molecule has 1 amide bonds. The highest BCUT2D eigenvalue weighted by Gasteiger charge is 2.34. The summed E-state index contributed by atoms with van der Waals surface area (Å²) in [6.07, 6.45) is 4.16.